The summed E-state index contributed by atoms with van der Waals surface area (Å²) in [5, 5.41) is 8.63. The van der Waals surface area contributed by atoms with E-state index in [-0.39, 0.29) is 11.9 Å². The molecular weight excluding hydrogens is 160 g/mol. The Labute approximate surface area is 69.3 Å². The second-order valence-electron chi connectivity index (χ2n) is 2.08. The highest BCUT2D eigenvalue weighted by molar-refractivity contribution is 5.86. The van der Waals surface area contributed by atoms with Crippen molar-refractivity contribution in [3.05, 3.63) is 0 Å². The van der Waals surface area contributed by atoms with Crippen LogP contribution in [-0.4, -0.2) is 27.7 Å². The number of amides is 1. The molecule has 0 aliphatic heterocycles. The fourth-order valence-electron chi connectivity index (χ4n) is 0.663. The van der Waals surface area contributed by atoms with Gasteiger partial charge in [-0.25, -0.2) is 5.10 Å². The van der Waals surface area contributed by atoms with Gasteiger partial charge >= 0.3 is 6.01 Å². The van der Waals surface area contributed by atoms with Crippen LogP contribution in [0, 0.1) is 0 Å². The van der Waals surface area contributed by atoms with Gasteiger partial charge in [-0.15, -0.1) is 5.10 Å². The Kier molecular flexibility index (Phi) is 2.62. The van der Waals surface area contributed by atoms with Crippen molar-refractivity contribution >= 4 is 11.9 Å². The third kappa shape index (κ3) is 2.22. The number of aromatic nitrogens is 3. The lowest BCUT2D eigenvalue weighted by Crippen LogP contribution is -2.07. The minimum atomic E-state index is -0.200. The summed E-state index contributed by atoms with van der Waals surface area (Å²) in [6.07, 6.45) is 0. The van der Waals surface area contributed by atoms with Gasteiger partial charge in [0.05, 0.1) is 6.61 Å². The quantitative estimate of drug-likeness (QED) is 0.677. The van der Waals surface area contributed by atoms with E-state index in [0.29, 0.717) is 12.6 Å². The summed E-state index contributed by atoms with van der Waals surface area (Å²) >= 11 is 0. The summed E-state index contributed by atoms with van der Waals surface area (Å²) in [6, 6.07) is 0.237. The lowest BCUT2D eigenvalue weighted by atomic mass is 10.7. The van der Waals surface area contributed by atoms with Crippen LogP contribution in [0.2, 0.25) is 0 Å². The summed E-state index contributed by atoms with van der Waals surface area (Å²) in [5.74, 6) is 0.0974. The third-order valence-corrected chi connectivity index (χ3v) is 1.03. The first-order valence-electron chi connectivity index (χ1n) is 3.55. The van der Waals surface area contributed by atoms with Crippen LogP contribution < -0.4 is 10.1 Å². The predicted molar refractivity (Wildman–Crippen MR) is 41.9 cm³/mol. The van der Waals surface area contributed by atoms with Gasteiger partial charge in [-0.05, 0) is 6.92 Å². The lowest BCUT2D eigenvalue weighted by molar-refractivity contribution is -0.114. The largest absolute Gasteiger partial charge is 0.463 e. The van der Waals surface area contributed by atoms with Crippen LogP contribution in [0.25, 0.3) is 0 Å². The van der Waals surface area contributed by atoms with E-state index in [0.717, 1.165) is 0 Å². The Hall–Kier alpha value is -1.59. The van der Waals surface area contributed by atoms with Crippen molar-refractivity contribution in [3.8, 4) is 6.01 Å². The molecular formula is C6H10N4O2. The van der Waals surface area contributed by atoms with Crippen LogP contribution in [-0.2, 0) is 4.79 Å². The molecule has 0 aliphatic carbocycles. The van der Waals surface area contributed by atoms with Crippen molar-refractivity contribution in [2.75, 3.05) is 11.9 Å². The molecule has 12 heavy (non-hydrogen) atoms. The van der Waals surface area contributed by atoms with Gasteiger partial charge in [0.25, 0.3) is 0 Å². The van der Waals surface area contributed by atoms with Crippen molar-refractivity contribution in [1.82, 2.24) is 15.2 Å². The van der Waals surface area contributed by atoms with Gasteiger partial charge in [0.1, 0.15) is 0 Å². The fourth-order valence-corrected chi connectivity index (χ4v) is 0.663. The molecule has 1 amide bonds. The number of aromatic amines is 1. The molecule has 1 rings (SSSR count). The molecule has 2 N–H and O–H groups in total. The molecule has 0 saturated heterocycles. The third-order valence-electron chi connectivity index (χ3n) is 1.03. The number of anilines is 1. The first kappa shape index (κ1) is 8.51. The number of carbonyl (C=O) groups excluding carboxylic acids is 1. The molecule has 0 unspecified atom stereocenters. The highest BCUT2D eigenvalue weighted by atomic mass is 16.5. The maximum atomic E-state index is 10.5. The zero-order valence-electron chi connectivity index (χ0n) is 6.92. The first-order valence-corrected chi connectivity index (χ1v) is 3.55. The van der Waals surface area contributed by atoms with Crippen molar-refractivity contribution < 1.29 is 9.53 Å². The number of hydrogen-bond acceptors (Lipinski definition) is 4. The van der Waals surface area contributed by atoms with Gasteiger partial charge < -0.3 is 4.74 Å². The summed E-state index contributed by atoms with van der Waals surface area (Å²) in [5.41, 5.74) is 0. The van der Waals surface area contributed by atoms with Crippen LogP contribution in [0.1, 0.15) is 13.8 Å². The average Bonchev–Trinajstić information content (AvgIpc) is 2.36. The molecule has 0 fully saturated rings. The van der Waals surface area contributed by atoms with E-state index >= 15 is 0 Å². The molecule has 1 heterocycles. The zero-order chi connectivity index (χ0) is 8.97. The molecule has 0 bridgehead atoms. The molecule has 0 aromatic carbocycles. The van der Waals surface area contributed by atoms with E-state index in [1.54, 1.807) is 0 Å². The second-order valence-corrected chi connectivity index (χ2v) is 2.08. The molecule has 0 aliphatic rings. The van der Waals surface area contributed by atoms with Gasteiger partial charge in [-0.2, -0.15) is 4.98 Å². The molecule has 6 nitrogen and oxygen atoms in total. The Balaban J connectivity index is 2.58. The minimum absolute atomic E-state index is 0.200. The van der Waals surface area contributed by atoms with E-state index in [9.17, 15) is 4.79 Å². The van der Waals surface area contributed by atoms with Crippen molar-refractivity contribution in [2.45, 2.75) is 13.8 Å². The molecule has 1 aromatic heterocycles. The number of nitrogens with one attached hydrogen (secondary N) is 2. The second kappa shape index (κ2) is 3.70. The summed E-state index contributed by atoms with van der Waals surface area (Å²) < 4.78 is 4.96. The molecule has 0 spiro atoms. The SMILES string of the molecule is CCOc1n[nH]c(NC(C)=O)n1. The number of hydrogen-bond donors (Lipinski definition) is 2. The minimum Gasteiger partial charge on any atom is -0.463 e. The monoisotopic (exact) mass is 170 g/mol. The molecule has 0 radical (unpaired) electrons. The Morgan fingerprint density at radius 2 is 2.50 bits per heavy atom. The van der Waals surface area contributed by atoms with E-state index in [4.69, 9.17) is 4.74 Å². The van der Waals surface area contributed by atoms with Crippen LogP contribution in [0.15, 0.2) is 0 Å². The maximum Gasteiger partial charge on any atom is 0.337 e. The lowest BCUT2D eigenvalue weighted by Gasteiger charge is -1.93. The van der Waals surface area contributed by atoms with Crippen molar-refractivity contribution in [1.29, 1.82) is 0 Å². The number of nitrogens with zero attached hydrogens (tertiary/aromatic N) is 2. The average molecular weight is 170 g/mol. The first-order chi connectivity index (χ1) is 5.72. The summed E-state index contributed by atoms with van der Waals surface area (Å²) in [6.45, 7) is 3.72. The predicted octanol–water partition coefficient (Wildman–Crippen LogP) is 0.162. The van der Waals surface area contributed by atoms with Crippen LogP contribution in [0.3, 0.4) is 0 Å². The highest BCUT2D eigenvalue weighted by Crippen LogP contribution is 2.04. The Bertz CT molecular complexity index is 270. The van der Waals surface area contributed by atoms with Crippen LogP contribution >= 0.6 is 0 Å². The van der Waals surface area contributed by atoms with Crippen LogP contribution in [0.4, 0.5) is 5.95 Å². The Morgan fingerprint density at radius 1 is 1.75 bits per heavy atom. The standard InChI is InChI=1S/C6H10N4O2/c1-3-12-6-8-5(9-10-6)7-4(2)11/h3H2,1-2H3,(H2,7,8,9,10,11). The molecule has 1 aromatic rings. The van der Waals surface area contributed by atoms with E-state index in [2.05, 4.69) is 20.5 Å². The smallest absolute Gasteiger partial charge is 0.337 e. The summed E-state index contributed by atoms with van der Waals surface area (Å²) in [4.78, 5) is 14.4. The Morgan fingerprint density at radius 3 is 3.08 bits per heavy atom. The normalized spacial score (nSPS) is 9.50. The number of carbonyl (C=O) groups is 1. The van der Waals surface area contributed by atoms with Gasteiger partial charge in [-0.1, -0.05) is 0 Å². The fraction of sp³-hybridized carbons (Fsp3) is 0.500. The van der Waals surface area contributed by atoms with E-state index in [1.165, 1.54) is 6.92 Å². The van der Waals surface area contributed by atoms with Crippen molar-refractivity contribution in [3.63, 3.8) is 0 Å². The highest BCUT2D eigenvalue weighted by Gasteiger charge is 2.03. The molecule has 0 saturated carbocycles. The molecule has 66 valence electrons. The maximum absolute atomic E-state index is 10.5. The van der Waals surface area contributed by atoms with Gasteiger partial charge in [-0.3, -0.25) is 10.1 Å². The van der Waals surface area contributed by atoms with Crippen LogP contribution in [0.5, 0.6) is 6.01 Å². The molecule has 6 heteroatoms. The number of ether oxygens (including phenoxy) is 1. The zero-order valence-corrected chi connectivity index (χ0v) is 6.92. The topological polar surface area (TPSA) is 79.9 Å². The number of H-pyrrole nitrogens is 1. The van der Waals surface area contributed by atoms with E-state index in [1.807, 2.05) is 6.92 Å². The van der Waals surface area contributed by atoms with Gasteiger partial charge in [0.15, 0.2) is 0 Å². The molecule has 0 atom stereocenters. The number of rotatable bonds is 3. The van der Waals surface area contributed by atoms with E-state index < -0.39 is 0 Å². The summed E-state index contributed by atoms with van der Waals surface area (Å²) in [7, 11) is 0. The van der Waals surface area contributed by atoms with Gasteiger partial charge in [0.2, 0.25) is 11.9 Å². The van der Waals surface area contributed by atoms with Gasteiger partial charge in [0, 0.05) is 6.92 Å². The van der Waals surface area contributed by atoms with Crippen molar-refractivity contribution in [2.24, 2.45) is 0 Å².